The van der Waals surface area contributed by atoms with Gasteiger partial charge in [0.05, 0.1) is 0 Å². The van der Waals surface area contributed by atoms with Crippen LogP contribution in [0.15, 0.2) is 24.3 Å². The molecule has 0 aliphatic carbocycles. The molecule has 0 saturated carbocycles. The fourth-order valence-corrected chi connectivity index (χ4v) is 3.31. The van der Waals surface area contributed by atoms with Crippen LogP contribution in [0.5, 0.6) is 0 Å². The van der Waals surface area contributed by atoms with Crippen molar-refractivity contribution in [2.75, 3.05) is 31.5 Å². The summed E-state index contributed by atoms with van der Waals surface area (Å²) in [6.07, 6.45) is 6.70. The molecule has 3 amide bonds. The van der Waals surface area contributed by atoms with Crippen LogP contribution in [-0.4, -0.2) is 47.9 Å². The number of benzene rings is 1. The SMILES string of the molecule is O=C(Nc1cccc(C(=O)N2CCCC2)c1)N1CCCCCC1. The van der Waals surface area contributed by atoms with Crippen molar-refractivity contribution in [1.29, 1.82) is 0 Å². The standard InChI is InChI=1S/C18H25N3O2/c22-17(20-10-5-6-11-20)15-8-7-9-16(14-15)19-18(23)21-12-3-1-2-4-13-21/h7-9,14H,1-6,10-13H2,(H,19,23). The van der Waals surface area contributed by atoms with Gasteiger partial charge in [0.1, 0.15) is 0 Å². The number of likely N-dealkylation sites (tertiary alicyclic amines) is 2. The summed E-state index contributed by atoms with van der Waals surface area (Å²) in [6.45, 7) is 3.31. The second-order valence-electron chi connectivity index (χ2n) is 6.41. The molecule has 2 heterocycles. The van der Waals surface area contributed by atoms with Crippen molar-refractivity contribution in [3.63, 3.8) is 0 Å². The van der Waals surface area contributed by atoms with E-state index < -0.39 is 0 Å². The van der Waals surface area contributed by atoms with Crippen LogP contribution in [0.4, 0.5) is 10.5 Å². The van der Waals surface area contributed by atoms with Gasteiger partial charge in [0.2, 0.25) is 0 Å². The van der Waals surface area contributed by atoms with Crippen LogP contribution < -0.4 is 5.32 Å². The van der Waals surface area contributed by atoms with Gasteiger partial charge >= 0.3 is 6.03 Å². The smallest absolute Gasteiger partial charge is 0.321 e. The molecule has 23 heavy (non-hydrogen) atoms. The predicted molar refractivity (Wildman–Crippen MR) is 90.6 cm³/mol. The summed E-state index contributed by atoms with van der Waals surface area (Å²) in [4.78, 5) is 28.6. The van der Waals surface area contributed by atoms with E-state index in [0.717, 1.165) is 51.9 Å². The summed E-state index contributed by atoms with van der Waals surface area (Å²) in [5.41, 5.74) is 1.35. The van der Waals surface area contributed by atoms with E-state index in [1.807, 2.05) is 28.0 Å². The summed E-state index contributed by atoms with van der Waals surface area (Å²) < 4.78 is 0. The molecule has 2 aliphatic heterocycles. The first-order chi connectivity index (χ1) is 11.2. The molecule has 0 aromatic heterocycles. The zero-order valence-corrected chi connectivity index (χ0v) is 13.6. The maximum absolute atomic E-state index is 12.4. The normalized spacial score (nSPS) is 18.6. The number of nitrogens with one attached hydrogen (secondary N) is 1. The number of rotatable bonds is 2. The van der Waals surface area contributed by atoms with Gasteiger partial charge in [-0.25, -0.2) is 4.79 Å². The number of carbonyl (C=O) groups excluding carboxylic acids is 2. The van der Waals surface area contributed by atoms with Crippen molar-refractivity contribution in [2.24, 2.45) is 0 Å². The number of carbonyl (C=O) groups is 2. The van der Waals surface area contributed by atoms with Crippen LogP contribution in [0, 0.1) is 0 Å². The van der Waals surface area contributed by atoms with Gasteiger partial charge in [-0.1, -0.05) is 18.9 Å². The molecule has 1 N–H and O–H groups in total. The Bertz CT molecular complexity index is 559. The molecule has 0 spiro atoms. The maximum atomic E-state index is 12.4. The van der Waals surface area contributed by atoms with Gasteiger partial charge in [0, 0.05) is 37.4 Å². The molecule has 2 aliphatic rings. The second kappa shape index (κ2) is 7.49. The van der Waals surface area contributed by atoms with Crippen molar-refractivity contribution >= 4 is 17.6 Å². The Morgan fingerprint density at radius 3 is 2.13 bits per heavy atom. The number of nitrogens with zero attached hydrogens (tertiary/aromatic N) is 2. The van der Waals surface area contributed by atoms with Crippen LogP contribution >= 0.6 is 0 Å². The Labute approximate surface area is 137 Å². The first-order valence-corrected chi connectivity index (χ1v) is 8.69. The van der Waals surface area contributed by atoms with Crippen molar-refractivity contribution in [2.45, 2.75) is 38.5 Å². The van der Waals surface area contributed by atoms with Gasteiger partial charge in [-0.2, -0.15) is 0 Å². The number of anilines is 1. The second-order valence-corrected chi connectivity index (χ2v) is 6.41. The number of urea groups is 1. The highest BCUT2D eigenvalue weighted by atomic mass is 16.2. The highest BCUT2D eigenvalue weighted by Crippen LogP contribution is 2.17. The molecule has 3 rings (SSSR count). The molecule has 2 fully saturated rings. The van der Waals surface area contributed by atoms with Gasteiger partial charge in [-0.05, 0) is 43.9 Å². The van der Waals surface area contributed by atoms with Crippen molar-refractivity contribution in [1.82, 2.24) is 9.80 Å². The molecule has 5 nitrogen and oxygen atoms in total. The van der Waals surface area contributed by atoms with Gasteiger partial charge < -0.3 is 15.1 Å². The topological polar surface area (TPSA) is 52.7 Å². The van der Waals surface area contributed by atoms with Crippen LogP contribution in [-0.2, 0) is 0 Å². The summed E-state index contributed by atoms with van der Waals surface area (Å²) >= 11 is 0. The fourth-order valence-electron chi connectivity index (χ4n) is 3.31. The van der Waals surface area contributed by atoms with E-state index >= 15 is 0 Å². The van der Waals surface area contributed by atoms with Crippen LogP contribution in [0.2, 0.25) is 0 Å². The van der Waals surface area contributed by atoms with Gasteiger partial charge in [-0.3, -0.25) is 4.79 Å². The molecule has 0 atom stereocenters. The molecule has 5 heteroatoms. The van der Waals surface area contributed by atoms with Crippen LogP contribution in [0.3, 0.4) is 0 Å². The van der Waals surface area contributed by atoms with E-state index in [1.165, 1.54) is 12.8 Å². The van der Waals surface area contributed by atoms with Crippen molar-refractivity contribution in [3.05, 3.63) is 29.8 Å². The van der Waals surface area contributed by atoms with Gasteiger partial charge in [0.25, 0.3) is 5.91 Å². The molecule has 1 aromatic carbocycles. The van der Waals surface area contributed by atoms with Crippen molar-refractivity contribution in [3.8, 4) is 0 Å². The lowest BCUT2D eigenvalue weighted by Crippen LogP contribution is -2.35. The molecule has 0 bridgehead atoms. The first kappa shape index (κ1) is 15.8. The minimum absolute atomic E-state index is 0.0577. The zero-order valence-electron chi connectivity index (χ0n) is 13.6. The maximum Gasteiger partial charge on any atom is 0.321 e. The van der Waals surface area contributed by atoms with Gasteiger partial charge in [-0.15, -0.1) is 0 Å². The lowest BCUT2D eigenvalue weighted by atomic mass is 10.2. The van der Waals surface area contributed by atoms with E-state index in [1.54, 1.807) is 6.07 Å². The third kappa shape index (κ3) is 4.03. The first-order valence-electron chi connectivity index (χ1n) is 8.69. The molecule has 124 valence electrons. The third-order valence-corrected chi connectivity index (χ3v) is 4.65. The van der Waals surface area contributed by atoms with E-state index in [0.29, 0.717) is 11.3 Å². The van der Waals surface area contributed by atoms with E-state index in [-0.39, 0.29) is 11.9 Å². The number of hydrogen-bond donors (Lipinski definition) is 1. The molecular weight excluding hydrogens is 290 g/mol. The van der Waals surface area contributed by atoms with E-state index in [2.05, 4.69) is 5.32 Å². The Morgan fingerprint density at radius 2 is 1.43 bits per heavy atom. The largest absolute Gasteiger partial charge is 0.339 e. The highest BCUT2D eigenvalue weighted by molar-refractivity contribution is 5.97. The minimum Gasteiger partial charge on any atom is -0.339 e. The average molecular weight is 315 g/mol. The van der Waals surface area contributed by atoms with Crippen LogP contribution in [0.25, 0.3) is 0 Å². The third-order valence-electron chi connectivity index (χ3n) is 4.65. The summed E-state index contributed by atoms with van der Waals surface area (Å²) in [5, 5.41) is 2.94. The number of amides is 3. The van der Waals surface area contributed by atoms with Crippen LogP contribution in [0.1, 0.15) is 48.9 Å². The number of hydrogen-bond acceptors (Lipinski definition) is 2. The molecular formula is C18H25N3O2. The highest BCUT2D eigenvalue weighted by Gasteiger charge is 2.20. The zero-order chi connectivity index (χ0) is 16.1. The molecule has 2 saturated heterocycles. The molecule has 1 aromatic rings. The Balaban J connectivity index is 1.64. The Morgan fingerprint density at radius 1 is 0.826 bits per heavy atom. The summed E-state index contributed by atoms with van der Waals surface area (Å²) in [6, 6.07) is 7.23. The predicted octanol–water partition coefficient (Wildman–Crippen LogP) is 3.33. The quantitative estimate of drug-likeness (QED) is 0.910. The van der Waals surface area contributed by atoms with Crippen molar-refractivity contribution < 1.29 is 9.59 Å². The summed E-state index contributed by atoms with van der Waals surface area (Å²) in [7, 11) is 0. The summed E-state index contributed by atoms with van der Waals surface area (Å²) in [5.74, 6) is 0.0633. The molecule has 0 unspecified atom stereocenters. The van der Waals surface area contributed by atoms with E-state index in [9.17, 15) is 9.59 Å². The Kier molecular flexibility index (Phi) is 5.16. The average Bonchev–Trinajstić information content (AvgIpc) is 2.96. The van der Waals surface area contributed by atoms with E-state index in [4.69, 9.17) is 0 Å². The monoisotopic (exact) mass is 315 g/mol. The van der Waals surface area contributed by atoms with Gasteiger partial charge in [0.15, 0.2) is 0 Å². The lowest BCUT2D eigenvalue weighted by molar-refractivity contribution is 0.0793. The fraction of sp³-hybridized carbons (Fsp3) is 0.556. The minimum atomic E-state index is -0.0577. The molecule has 0 radical (unpaired) electrons. The Hall–Kier alpha value is -2.04. The lowest BCUT2D eigenvalue weighted by Gasteiger charge is -2.21.